The molecule has 0 aliphatic heterocycles. The fourth-order valence-corrected chi connectivity index (χ4v) is 5.10. The van der Waals surface area contributed by atoms with Crippen molar-refractivity contribution in [2.45, 2.75) is 24.7 Å². The Morgan fingerprint density at radius 2 is 1.94 bits per heavy atom. The number of Topliss-reactive ketones (excluding diaryl/α,β-unsaturated/α-hetero) is 2. The van der Waals surface area contributed by atoms with E-state index < -0.39 is 75.8 Å². The minimum absolute atomic E-state index is 0.100. The summed E-state index contributed by atoms with van der Waals surface area (Å²) in [7, 11) is 3.02. The molecule has 1 unspecified atom stereocenters. The van der Waals surface area contributed by atoms with Gasteiger partial charge in [-0.1, -0.05) is 18.7 Å². The molecule has 0 fully saturated rings. The summed E-state index contributed by atoms with van der Waals surface area (Å²) in [5, 5.41) is 55.9. The highest BCUT2D eigenvalue weighted by atomic mass is 16.7. The zero-order valence-electron chi connectivity index (χ0n) is 18.4. The first-order valence-corrected chi connectivity index (χ1v) is 10.3. The molecular weight excluding hydrogens is 448 g/mol. The Morgan fingerprint density at radius 1 is 1.29 bits per heavy atom. The van der Waals surface area contributed by atoms with E-state index >= 15 is 0 Å². The van der Waals surface area contributed by atoms with Crippen molar-refractivity contribution >= 4 is 23.0 Å². The quantitative estimate of drug-likeness (QED) is 0.257. The molecule has 0 aromatic heterocycles. The van der Waals surface area contributed by atoms with Crippen molar-refractivity contribution in [2.24, 2.45) is 17.6 Å². The number of rotatable bonds is 4. The average Bonchev–Trinajstić information content (AvgIpc) is 2.77. The number of primary amides is 1. The third kappa shape index (κ3) is 2.95. The molecule has 0 saturated heterocycles. The van der Waals surface area contributed by atoms with Crippen LogP contribution in [0.1, 0.15) is 27.9 Å². The Labute approximate surface area is 193 Å². The van der Waals surface area contributed by atoms with E-state index in [1.807, 2.05) is 0 Å². The maximum atomic E-state index is 13.5. The number of hydroxylamine groups is 2. The maximum Gasteiger partial charge on any atom is 0.255 e. The number of aromatic hydroxyl groups is 1. The van der Waals surface area contributed by atoms with Gasteiger partial charge in [-0.2, -0.15) is 5.06 Å². The number of benzene rings is 1. The maximum absolute atomic E-state index is 13.5. The molecule has 0 heterocycles. The third-order valence-electron chi connectivity index (χ3n) is 6.90. The number of aliphatic hydroxyl groups excluding tert-OH is 3. The Hall–Kier alpha value is -3.51. The molecule has 1 amide bonds. The smallest absolute Gasteiger partial charge is 0.255 e. The number of allylic oxidation sites excluding steroid dienone is 1. The number of phenols is 1. The van der Waals surface area contributed by atoms with Gasteiger partial charge in [0.2, 0.25) is 5.78 Å². The number of phenolic OH excluding ortho intramolecular Hbond substituents is 1. The average molecular weight is 472 g/mol. The number of ketones is 2. The summed E-state index contributed by atoms with van der Waals surface area (Å²) in [5.74, 6) is -8.67. The van der Waals surface area contributed by atoms with Crippen LogP contribution in [0.3, 0.4) is 0 Å². The van der Waals surface area contributed by atoms with Gasteiger partial charge in [0.1, 0.15) is 22.8 Å². The highest BCUT2D eigenvalue weighted by molar-refractivity contribution is 6.25. The van der Waals surface area contributed by atoms with Crippen molar-refractivity contribution in [1.29, 1.82) is 0 Å². The molecule has 3 aliphatic carbocycles. The van der Waals surface area contributed by atoms with Gasteiger partial charge >= 0.3 is 0 Å². The highest BCUT2D eigenvalue weighted by Crippen LogP contribution is 2.54. The van der Waals surface area contributed by atoms with Gasteiger partial charge in [0, 0.05) is 30.9 Å². The zero-order valence-corrected chi connectivity index (χ0v) is 18.4. The van der Waals surface area contributed by atoms with Crippen LogP contribution >= 0.6 is 0 Å². The number of fused-ring (bicyclic) bond motifs is 3. The molecule has 0 saturated carbocycles. The highest BCUT2D eigenvalue weighted by Gasteiger charge is 2.63. The summed E-state index contributed by atoms with van der Waals surface area (Å²) in [5.41, 5.74) is 1.28. The van der Waals surface area contributed by atoms with E-state index in [0.717, 1.165) is 0 Å². The number of hydrogen-bond acceptors (Lipinski definition) is 10. The summed E-state index contributed by atoms with van der Waals surface area (Å²) < 4.78 is 0. The molecule has 1 aromatic carbocycles. The molecule has 1 aromatic rings. The molecule has 34 heavy (non-hydrogen) atoms. The Balaban J connectivity index is 1.94. The summed E-state index contributed by atoms with van der Waals surface area (Å²) >= 11 is 0. The van der Waals surface area contributed by atoms with Crippen LogP contribution in [-0.4, -0.2) is 73.9 Å². The molecule has 180 valence electrons. The van der Waals surface area contributed by atoms with E-state index in [1.165, 1.54) is 18.2 Å². The second-order valence-corrected chi connectivity index (χ2v) is 8.64. The number of nitrogens with two attached hydrogens (primary N) is 1. The lowest BCUT2D eigenvalue weighted by molar-refractivity contribution is -0.152. The lowest BCUT2D eigenvalue weighted by Gasteiger charge is -2.48. The first-order chi connectivity index (χ1) is 15.9. The van der Waals surface area contributed by atoms with Crippen molar-refractivity contribution in [2.75, 3.05) is 14.2 Å². The standard InChI is InChI=1S/C23H24N2O9/c1-8-10-5-4-9(7-25(2)34-3)17(27)14(10)19(29)16-13(8)18(28)11-6-12(26)15(22(24)32)20(30)23(11,33)21(16)31/h4-5,11,13,18,26-28,31,33H,1,6-7H2,2-3H3,(H2,24,32)/t11?,13-,18-,23-/m1/s1. The molecule has 0 bridgehead atoms. The lowest BCUT2D eigenvalue weighted by Crippen LogP contribution is -2.62. The van der Waals surface area contributed by atoms with Crippen LogP contribution in [0.25, 0.3) is 5.57 Å². The second kappa shape index (κ2) is 7.77. The Kier molecular flexibility index (Phi) is 5.41. The van der Waals surface area contributed by atoms with Crippen LogP contribution < -0.4 is 5.73 Å². The second-order valence-electron chi connectivity index (χ2n) is 8.64. The van der Waals surface area contributed by atoms with Crippen molar-refractivity contribution < 1.29 is 44.8 Å². The molecule has 4 atom stereocenters. The van der Waals surface area contributed by atoms with Crippen molar-refractivity contribution in [3.63, 3.8) is 0 Å². The van der Waals surface area contributed by atoms with Gasteiger partial charge in [0.05, 0.1) is 30.9 Å². The number of carbonyl (C=O) groups excluding carboxylic acids is 3. The molecule has 0 radical (unpaired) electrons. The van der Waals surface area contributed by atoms with Crippen LogP contribution in [0.2, 0.25) is 0 Å². The Morgan fingerprint density at radius 3 is 2.53 bits per heavy atom. The minimum atomic E-state index is -2.89. The van der Waals surface area contributed by atoms with E-state index in [1.54, 1.807) is 13.1 Å². The third-order valence-corrected chi connectivity index (χ3v) is 6.90. The zero-order chi connectivity index (χ0) is 25.3. The summed E-state index contributed by atoms with van der Waals surface area (Å²) in [4.78, 5) is 43.3. The summed E-state index contributed by atoms with van der Waals surface area (Å²) in [6, 6.07) is 3.09. The molecule has 3 aliphatic rings. The normalized spacial score (nSPS) is 28.7. The molecule has 4 rings (SSSR count). The predicted octanol–water partition coefficient (Wildman–Crippen LogP) is 0.0152. The van der Waals surface area contributed by atoms with Gasteiger partial charge in [-0.25, -0.2) is 0 Å². The van der Waals surface area contributed by atoms with E-state index in [9.17, 15) is 39.9 Å². The minimum Gasteiger partial charge on any atom is -0.511 e. The van der Waals surface area contributed by atoms with Crippen LogP contribution in [0.15, 0.2) is 41.4 Å². The van der Waals surface area contributed by atoms with E-state index in [0.29, 0.717) is 5.56 Å². The molecular formula is C23H24N2O9. The molecule has 11 nitrogen and oxygen atoms in total. The molecule has 7 N–H and O–H groups in total. The van der Waals surface area contributed by atoms with Crippen molar-refractivity contribution in [3.8, 4) is 5.75 Å². The first kappa shape index (κ1) is 23.6. The number of nitrogens with zero attached hydrogens (tertiary/aromatic N) is 1. The topological polar surface area (TPSA) is 191 Å². The van der Waals surface area contributed by atoms with Gasteiger partial charge in [-0.3, -0.25) is 14.4 Å². The van der Waals surface area contributed by atoms with E-state index in [4.69, 9.17) is 10.6 Å². The number of aliphatic hydroxyl groups is 4. The van der Waals surface area contributed by atoms with Gasteiger partial charge in [-0.15, -0.1) is 0 Å². The summed E-state index contributed by atoms with van der Waals surface area (Å²) in [6.07, 6.45) is -2.21. The van der Waals surface area contributed by atoms with Gasteiger partial charge < -0.3 is 36.1 Å². The fraction of sp³-hybridized carbons (Fsp3) is 0.348. The number of hydrogen-bond donors (Lipinski definition) is 6. The number of amides is 1. The van der Waals surface area contributed by atoms with Gasteiger partial charge in [-0.05, 0) is 11.1 Å². The fourth-order valence-electron chi connectivity index (χ4n) is 5.10. The van der Waals surface area contributed by atoms with E-state index in [2.05, 4.69) is 6.58 Å². The van der Waals surface area contributed by atoms with Crippen LogP contribution in [0.5, 0.6) is 5.75 Å². The van der Waals surface area contributed by atoms with Crippen molar-refractivity contribution in [3.05, 3.63) is 58.1 Å². The largest absolute Gasteiger partial charge is 0.511 e. The molecule has 0 spiro atoms. The van der Waals surface area contributed by atoms with Crippen LogP contribution in [-0.2, 0) is 21.0 Å². The summed E-state index contributed by atoms with van der Waals surface area (Å²) in [6.45, 7) is 4.03. The van der Waals surface area contributed by atoms with Crippen LogP contribution in [0.4, 0.5) is 0 Å². The van der Waals surface area contributed by atoms with Crippen molar-refractivity contribution in [1.82, 2.24) is 5.06 Å². The van der Waals surface area contributed by atoms with Crippen LogP contribution in [0, 0.1) is 11.8 Å². The van der Waals surface area contributed by atoms with E-state index in [-0.39, 0.29) is 23.2 Å². The SMILES string of the molecule is C=C1c2ccc(CN(C)OC)c(O)c2C(=O)C2=C(O)[C@]3(O)C(=O)C(C(N)=O)=C(O)CC3[C@@H](O)[C@H]12. The molecule has 11 heteroatoms. The number of carbonyl (C=O) groups is 3. The van der Waals surface area contributed by atoms with Gasteiger partial charge in [0.25, 0.3) is 5.91 Å². The Bertz CT molecular complexity index is 1230. The lowest BCUT2D eigenvalue weighted by atomic mass is 9.58. The monoisotopic (exact) mass is 472 g/mol. The van der Waals surface area contributed by atoms with Gasteiger partial charge in [0.15, 0.2) is 11.4 Å². The predicted molar refractivity (Wildman–Crippen MR) is 116 cm³/mol. The first-order valence-electron chi connectivity index (χ1n) is 10.3.